The summed E-state index contributed by atoms with van der Waals surface area (Å²) < 4.78 is 0.688. The molecule has 2 aromatic rings. The number of benzene rings is 1. The number of hydrogen-bond acceptors (Lipinski definition) is 2. The Bertz CT molecular complexity index is 619. The lowest BCUT2D eigenvalue weighted by atomic mass is 10.0. The van der Waals surface area contributed by atoms with Crippen LogP contribution in [-0.4, -0.2) is 9.97 Å². The van der Waals surface area contributed by atoms with Crippen molar-refractivity contribution in [1.82, 2.24) is 9.97 Å². The summed E-state index contributed by atoms with van der Waals surface area (Å²) in [6.07, 6.45) is 1.69. The fraction of sp³-hybridized carbons (Fsp3) is 0.286. The van der Waals surface area contributed by atoms with Crippen LogP contribution in [0.3, 0.4) is 0 Å². The number of aromatic amines is 1. The van der Waals surface area contributed by atoms with Gasteiger partial charge in [0.05, 0.1) is 9.26 Å². The first-order valence-electron chi connectivity index (χ1n) is 6.04. The molecule has 4 heteroatoms. The second-order valence-corrected chi connectivity index (χ2v) is 5.12. The third kappa shape index (κ3) is 2.48. The van der Waals surface area contributed by atoms with Gasteiger partial charge >= 0.3 is 0 Å². The molecule has 1 N–H and O–H groups in total. The molecule has 0 aliphatic rings. The maximum Gasteiger partial charge on any atom is 0.264 e. The van der Waals surface area contributed by atoms with Crippen LogP contribution in [0.2, 0.25) is 0 Å². The highest BCUT2D eigenvalue weighted by Crippen LogP contribution is 2.20. The summed E-state index contributed by atoms with van der Waals surface area (Å²) in [4.78, 5) is 19.3. The number of aromatic nitrogens is 2. The van der Waals surface area contributed by atoms with Gasteiger partial charge in [-0.1, -0.05) is 38.1 Å². The normalized spacial score (nSPS) is 10.6. The van der Waals surface area contributed by atoms with E-state index in [9.17, 15) is 4.79 Å². The van der Waals surface area contributed by atoms with Gasteiger partial charge in [-0.25, -0.2) is 4.98 Å². The molecule has 0 saturated heterocycles. The summed E-state index contributed by atoms with van der Waals surface area (Å²) in [6, 6.07) is 8.05. The van der Waals surface area contributed by atoms with E-state index >= 15 is 0 Å². The van der Waals surface area contributed by atoms with Gasteiger partial charge in [0.1, 0.15) is 5.82 Å². The average Bonchev–Trinajstić information content (AvgIpc) is 2.41. The van der Waals surface area contributed by atoms with Crippen LogP contribution in [0.25, 0.3) is 11.4 Å². The first kappa shape index (κ1) is 13.3. The van der Waals surface area contributed by atoms with Crippen LogP contribution in [0.4, 0.5) is 0 Å². The molecule has 0 spiro atoms. The van der Waals surface area contributed by atoms with E-state index in [1.54, 1.807) is 0 Å². The maximum atomic E-state index is 11.9. The Morgan fingerprint density at radius 1 is 1.22 bits per heavy atom. The van der Waals surface area contributed by atoms with Crippen LogP contribution in [0, 0.1) is 3.57 Å². The van der Waals surface area contributed by atoms with Crippen molar-refractivity contribution in [3.63, 3.8) is 0 Å². The molecule has 3 nitrogen and oxygen atoms in total. The lowest BCUT2D eigenvalue weighted by molar-refractivity contribution is 0.964. The predicted octanol–water partition coefficient (Wildman–Crippen LogP) is 3.17. The maximum absolute atomic E-state index is 11.9. The number of nitrogens with one attached hydrogen (secondary N) is 1. The lowest BCUT2D eigenvalue weighted by Crippen LogP contribution is -2.16. The molecule has 2 rings (SSSR count). The van der Waals surface area contributed by atoms with Crippen LogP contribution in [-0.2, 0) is 12.8 Å². The molecular formula is C14H15IN2O. The van der Waals surface area contributed by atoms with Crippen LogP contribution >= 0.6 is 22.6 Å². The van der Waals surface area contributed by atoms with E-state index in [-0.39, 0.29) is 5.56 Å². The van der Waals surface area contributed by atoms with Crippen molar-refractivity contribution in [2.45, 2.75) is 26.7 Å². The Balaban J connectivity index is 2.64. The standard InChI is InChI=1S/C14H15IN2O/c1-3-9-7-5-6-8-10(9)13-16-11(4-2)12(15)14(18)17-13/h5-8H,3-4H2,1-2H3,(H,16,17,18). The van der Waals surface area contributed by atoms with E-state index in [2.05, 4.69) is 45.5 Å². The Morgan fingerprint density at radius 2 is 1.94 bits per heavy atom. The zero-order valence-corrected chi connectivity index (χ0v) is 12.6. The van der Waals surface area contributed by atoms with Crippen molar-refractivity contribution in [2.75, 3.05) is 0 Å². The fourth-order valence-electron chi connectivity index (χ4n) is 1.93. The van der Waals surface area contributed by atoms with Gasteiger partial charge < -0.3 is 4.98 Å². The molecule has 18 heavy (non-hydrogen) atoms. The van der Waals surface area contributed by atoms with Crippen LogP contribution < -0.4 is 5.56 Å². The average molecular weight is 354 g/mol. The van der Waals surface area contributed by atoms with Gasteiger partial charge in [0, 0.05) is 5.56 Å². The molecule has 0 atom stereocenters. The minimum atomic E-state index is -0.0524. The Morgan fingerprint density at radius 3 is 2.61 bits per heavy atom. The van der Waals surface area contributed by atoms with Gasteiger partial charge in [0.25, 0.3) is 5.56 Å². The van der Waals surface area contributed by atoms with Gasteiger partial charge in [-0.05, 0) is 41.0 Å². The van der Waals surface area contributed by atoms with Crippen molar-refractivity contribution >= 4 is 22.6 Å². The topological polar surface area (TPSA) is 45.8 Å². The first-order chi connectivity index (χ1) is 8.67. The smallest absolute Gasteiger partial charge is 0.264 e. The summed E-state index contributed by atoms with van der Waals surface area (Å²) in [7, 11) is 0. The number of halogens is 1. The predicted molar refractivity (Wildman–Crippen MR) is 81.8 cm³/mol. The highest BCUT2D eigenvalue weighted by Gasteiger charge is 2.10. The molecule has 0 aliphatic heterocycles. The van der Waals surface area contributed by atoms with Crippen molar-refractivity contribution in [3.8, 4) is 11.4 Å². The van der Waals surface area contributed by atoms with Crippen LogP contribution in [0.5, 0.6) is 0 Å². The van der Waals surface area contributed by atoms with E-state index in [1.807, 2.05) is 25.1 Å². The van der Waals surface area contributed by atoms with E-state index in [4.69, 9.17) is 0 Å². The summed E-state index contributed by atoms with van der Waals surface area (Å²) in [5.41, 5.74) is 3.02. The van der Waals surface area contributed by atoms with E-state index in [0.29, 0.717) is 9.39 Å². The van der Waals surface area contributed by atoms with Crippen molar-refractivity contribution in [1.29, 1.82) is 0 Å². The lowest BCUT2D eigenvalue weighted by Gasteiger charge is -2.08. The molecule has 0 radical (unpaired) electrons. The van der Waals surface area contributed by atoms with Crippen molar-refractivity contribution < 1.29 is 0 Å². The number of H-pyrrole nitrogens is 1. The molecule has 94 valence electrons. The van der Waals surface area contributed by atoms with E-state index in [0.717, 1.165) is 24.1 Å². The molecule has 0 aliphatic carbocycles. The zero-order valence-electron chi connectivity index (χ0n) is 10.5. The molecular weight excluding hydrogens is 339 g/mol. The monoisotopic (exact) mass is 354 g/mol. The minimum absolute atomic E-state index is 0.0524. The van der Waals surface area contributed by atoms with Crippen molar-refractivity contribution in [3.05, 3.63) is 49.4 Å². The molecule has 0 saturated carbocycles. The molecule has 1 aromatic heterocycles. The molecule has 0 unspecified atom stereocenters. The second kappa shape index (κ2) is 5.65. The summed E-state index contributed by atoms with van der Waals surface area (Å²) in [6.45, 7) is 4.11. The van der Waals surface area contributed by atoms with E-state index in [1.165, 1.54) is 5.56 Å². The van der Waals surface area contributed by atoms with Gasteiger partial charge in [-0.2, -0.15) is 0 Å². The number of rotatable bonds is 3. The summed E-state index contributed by atoms with van der Waals surface area (Å²) >= 11 is 2.05. The van der Waals surface area contributed by atoms with Gasteiger partial charge in [0.2, 0.25) is 0 Å². The Hall–Kier alpha value is -1.17. The summed E-state index contributed by atoms with van der Waals surface area (Å²) in [5.74, 6) is 0.676. The third-order valence-corrected chi connectivity index (χ3v) is 4.03. The molecule has 0 amide bonds. The second-order valence-electron chi connectivity index (χ2n) is 4.04. The largest absolute Gasteiger partial charge is 0.306 e. The highest BCUT2D eigenvalue weighted by atomic mass is 127. The van der Waals surface area contributed by atoms with E-state index < -0.39 is 0 Å². The SMILES string of the molecule is CCc1ccccc1-c1nc(CC)c(I)c(=O)[nH]1. The van der Waals surface area contributed by atoms with Gasteiger partial charge in [0.15, 0.2) is 0 Å². The quantitative estimate of drug-likeness (QED) is 0.861. The van der Waals surface area contributed by atoms with Gasteiger partial charge in [-0.15, -0.1) is 0 Å². The third-order valence-electron chi connectivity index (χ3n) is 2.92. The number of nitrogens with zero attached hydrogens (tertiary/aromatic N) is 1. The van der Waals surface area contributed by atoms with Crippen LogP contribution in [0.15, 0.2) is 29.1 Å². The van der Waals surface area contributed by atoms with Crippen LogP contribution in [0.1, 0.15) is 25.1 Å². The van der Waals surface area contributed by atoms with Crippen molar-refractivity contribution in [2.24, 2.45) is 0 Å². The molecule has 1 aromatic carbocycles. The Labute approximate surface area is 120 Å². The number of aryl methyl sites for hydroxylation is 2. The number of hydrogen-bond donors (Lipinski definition) is 1. The fourth-order valence-corrected chi connectivity index (χ4v) is 2.56. The summed E-state index contributed by atoms with van der Waals surface area (Å²) in [5, 5.41) is 0. The van der Waals surface area contributed by atoms with Gasteiger partial charge in [-0.3, -0.25) is 4.79 Å². The zero-order chi connectivity index (χ0) is 13.1. The molecule has 0 fully saturated rings. The molecule has 0 bridgehead atoms. The highest BCUT2D eigenvalue weighted by molar-refractivity contribution is 14.1. The Kier molecular flexibility index (Phi) is 4.16. The molecule has 1 heterocycles. The first-order valence-corrected chi connectivity index (χ1v) is 7.12. The minimum Gasteiger partial charge on any atom is -0.306 e.